The van der Waals surface area contributed by atoms with Crippen molar-refractivity contribution < 1.29 is 19.4 Å². The number of rotatable bonds is 7. The predicted molar refractivity (Wildman–Crippen MR) is 85.2 cm³/mol. The number of benzene rings is 1. The smallest absolute Gasteiger partial charge is 0.321 e. The molecule has 0 aliphatic carbocycles. The average Bonchev–Trinajstić information content (AvgIpc) is 2.45. The molecular weight excluding hydrogens is 284 g/mol. The largest absolute Gasteiger partial charge is 0.489 e. The lowest BCUT2D eigenvalue weighted by molar-refractivity contribution is -0.141. The molecule has 0 saturated carbocycles. The molecule has 6 heteroatoms. The van der Waals surface area contributed by atoms with Gasteiger partial charge in [0.2, 0.25) is 0 Å². The number of aliphatic carboxylic acids is 1. The monoisotopic (exact) mass is 306 g/mol. The number of carbonyl (C=O) groups excluding carboxylic acids is 1. The van der Waals surface area contributed by atoms with E-state index in [9.17, 15) is 9.59 Å². The lowest BCUT2D eigenvalue weighted by atomic mass is 10.2. The van der Waals surface area contributed by atoms with Crippen molar-refractivity contribution in [3.05, 3.63) is 36.4 Å². The number of nitrogens with one attached hydrogen (secondary N) is 1. The predicted octanol–water partition coefficient (Wildman–Crippen LogP) is 2.83. The summed E-state index contributed by atoms with van der Waals surface area (Å²) in [5.41, 5.74) is 1.48. The van der Waals surface area contributed by atoms with Crippen molar-refractivity contribution in [2.45, 2.75) is 13.8 Å². The fourth-order valence-corrected chi connectivity index (χ4v) is 1.66. The van der Waals surface area contributed by atoms with E-state index < -0.39 is 11.9 Å². The van der Waals surface area contributed by atoms with Gasteiger partial charge in [-0.15, -0.1) is 0 Å². The van der Waals surface area contributed by atoms with Gasteiger partial charge in [-0.1, -0.05) is 19.6 Å². The van der Waals surface area contributed by atoms with Crippen LogP contribution in [0.3, 0.4) is 0 Å². The van der Waals surface area contributed by atoms with E-state index in [2.05, 4.69) is 11.9 Å². The first-order chi connectivity index (χ1) is 10.3. The standard InChI is InChI=1S/C16H22N2O4/c1-11(2)10-22-14-7-5-6-13(8-14)17-16(21)18(4)9-12(3)15(19)20/h5-8,12H,1,9-10H2,2-4H3,(H,17,21)(H,19,20). The number of carboxylic acids is 1. The highest BCUT2D eigenvalue weighted by molar-refractivity contribution is 5.89. The second-order valence-electron chi connectivity index (χ2n) is 5.32. The number of anilines is 1. The van der Waals surface area contributed by atoms with E-state index in [0.717, 1.165) is 5.57 Å². The van der Waals surface area contributed by atoms with Crippen LogP contribution in [0.5, 0.6) is 5.75 Å². The van der Waals surface area contributed by atoms with Crippen molar-refractivity contribution in [3.63, 3.8) is 0 Å². The molecule has 0 radical (unpaired) electrons. The van der Waals surface area contributed by atoms with Gasteiger partial charge in [0.15, 0.2) is 0 Å². The maximum absolute atomic E-state index is 12.0. The summed E-state index contributed by atoms with van der Waals surface area (Å²) in [6.45, 7) is 7.72. The summed E-state index contributed by atoms with van der Waals surface area (Å²) in [6.07, 6.45) is 0. The second kappa shape index (κ2) is 8.07. The summed E-state index contributed by atoms with van der Waals surface area (Å²) in [5, 5.41) is 11.6. The quantitative estimate of drug-likeness (QED) is 0.759. The summed E-state index contributed by atoms with van der Waals surface area (Å²) < 4.78 is 5.50. The van der Waals surface area contributed by atoms with Crippen LogP contribution in [0.25, 0.3) is 0 Å². The normalized spacial score (nSPS) is 11.4. The van der Waals surface area contributed by atoms with E-state index in [0.29, 0.717) is 18.0 Å². The Kier molecular flexibility index (Phi) is 6.44. The number of hydrogen-bond donors (Lipinski definition) is 2. The Hall–Kier alpha value is -2.50. The zero-order valence-corrected chi connectivity index (χ0v) is 13.1. The maximum atomic E-state index is 12.0. The van der Waals surface area contributed by atoms with Gasteiger partial charge in [0, 0.05) is 25.3 Å². The van der Waals surface area contributed by atoms with E-state index in [1.807, 2.05) is 6.92 Å². The molecule has 1 aromatic rings. The third-order valence-electron chi connectivity index (χ3n) is 2.89. The topological polar surface area (TPSA) is 78.9 Å². The third kappa shape index (κ3) is 5.87. The number of carboxylic acid groups (broad SMARTS) is 1. The first-order valence-corrected chi connectivity index (χ1v) is 6.91. The molecule has 0 aromatic heterocycles. The Morgan fingerprint density at radius 3 is 2.73 bits per heavy atom. The molecule has 0 saturated heterocycles. The number of ether oxygens (including phenoxy) is 1. The van der Waals surface area contributed by atoms with E-state index in [4.69, 9.17) is 9.84 Å². The van der Waals surface area contributed by atoms with Gasteiger partial charge in [-0.05, 0) is 24.6 Å². The van der Waals surface area contributed by atoms with Gasteiger partial charge in [-0.3, -0.25) is 4.79 Å². The average molecular weight is 306 g/mol. The van der Waals surface area contributed by atoms with Crippen LogP contribution in [0.15, 0.2) is 36.4 Å². The molecule has 6 nitrogen and oxygen atoms in total. The van der Waals surface area contributed by atoms with Crippen molar-refractivity contribution >= 4 is 17.7 Å². The molecule has 2 N–H and O–H groups in total. The summed E-state index contributed by atoms with van der Waals surface area (Å²) in [4.78, 5) is 24.2. The van der Waals surface area contributed by atoms with Crippen LogP contribution in [0.2, 0.25) is 0 Å². The first-order valence-electron chi connectivity index (χ1n) is 6.91. The zero-order chi connectivity index (χ0) is 16.7. The number of amides is 2. The Balaban J connectivity index is 2.62. The fourth-order valence-electron chi connectivity index (χ4n) is 1.66. The summed E-state index contributed by atoms with van der Waals surface area (Å²) in [5.74, 6) is -0.932. The number of carbonyl (C=O) groups is 2. The minimum Gasteiger partial charge on any atom is -0.489 e. The Morgan fingerprint density at radius 2 is 2.14 bits per heavy atom. The molecule has 120 valence electrons. The second-order valence-corrected chi connectivity index (χ2v) is 5.32. The van der Waals surface area contributed by atoms with Crippen LogP contribution in [-0.2, 0) is 4.79 Å². The van der Waals surface area contributed by atoms with Crippen molar-refractivity contribution in [1.29, 1.82) is 0 Å². The molecule has 1 rings (SSSR count). The molecule has 0 heterocycles. The van der Waals surface area contributed by atoms with E-state index in [1.165, 1.54) is 4.90 Å². The molecule has 0 bridgehead atoms. The molecule has 1 unspecified atom stereocenters. The maximum Gasteiger partial charge on any atom is 0.321 e. The summed E-state index contributed by atoms with van der Waals surface area (Å²) >= 11 is 0. The van der Waals surface area contributed by atoms with Gasteiger partial charge in [-0.2, -0.15) is 0 Å². The van der Waals surface area contributed by atoms with E-state index >= 15 is 0 Å². The number of hydrogen-bond acceptors (Lipinski definition) is 3. The first kappa shape index (κ1) is 17.6. The third-order valence-corrected chi connectivity index (χ3v) is 2.89. The van der Waals surface area contributed by atoms with Gasteiger partial charge in [0.05, 0.1) is 5.92 Å². The van der Waals surface area contributed by atoms with Crippen molar-refractivity contribution in [1.82, 2.24) is 4.90 Å². The summed E-state index contributed by atoms with van der Waals surface area (Å²) in [7, 11) is 1.55. The fraction of sp³-hybridized carbons (Fsp3) is 0.375. The molecule has 1 aromatic carbocycles. The molecule has 1 atom stereocenters. The summed E-state index contributed by atoms with van der Waals surface area (Å²) in [6, 6.07) is 6.62. The van der Waals surface area contributed by atoms with Gasteiger partial charge >= 0.3 is 12.0 Å². The highest BCUT2D eigenvalue weighted by Crippen LogP contribution is 2.18. The minimum absolute atomic E-state index is 0.132. The van der Waals surface area contributed by atoms with Crippen LogP contribution in [-0.4, -0.2) is 42.2 Å². The highest BCUT2D eigenvalue weighted by Gasteiger charge is 2.17. The molecule has 2 amide bonds. The Bertz CT molecular complexity index is 557. The molecule has 0 spiro atoms. The SMILES string of the molecule is C=C(C)COc1cccc(NC(=O)N(C)CC(C)C(=O)O)c1. The van der Waals surface area contributed by atoms with Crippen LogP contribution in [0, 0.1) is 5.92 Å². The Labute approximate surface area is 130 Å². The van der Waals surface area contributed by atoms with Crippen molar-refractivity contribution in [2.24, 2.45) is 5.92 Å². The van der Waals surface area contributed by atoms with E-state index in [-0.39, 0.29) is 12.6 Å². The Morgan fingerprint density at radius 1 is 1.45 bits per heavy atom. The number of urea groups is 1. The van der Waals surface area contributed by atoms with Gasteiger partial charge in [0.1, 0.15) is 12.4 Å². The highest BCUT2D eigenvalue weighted by atomic mass is 16.5. The van der Waals surface area contributed by atoms with Crippen LogP contribution >= 0.6 is 0 Å². The molecule has 0 aliphatic rings. The molecular formula is C16H22N2O4. The van der Waals surface area contributed by atoms with E-state index in [1.54, 1.807) is 38.2 Å². The van der Waals surface area contributed by atoms with Crippen LogP contribution < -0.4 is 10.1 Å². The van der Waals surface area contributed by atoms with Crippen LogP contribution in [0.1, 0.15) is 13.8 Å². The van der Waals surface area contributed by atoms with Crippen molar-refractivity contribution in [3.8, 4) is 5.75 Å². The molecule has 0 aliphatic heterocycles. The lowest BCUT2D eigenvalue weighted by Gasteiger charge is -2.20. The van der Waals surface area contributed by atoms with Gasteiger partial charge in [0.25, 0.3) is 0 Å². The molecule has 0 fully saturated rings. The van der Waals surface area contributed by atoms with Crippen molar-refractivity contribution in [2.75, 3.05) is 25.5 Å². The zero-order valence-electron chi connectivity index (χ0n) is 13.1. The van der Waals surface area contributed by atoms with Crippen LogP contribution in [0.4, 0.5) is 10.5 Å². The minimum atomic E-state index is -0.935. The molecule has 22 heavy (non-hydrogen) atoms. The lowest BCUT2D eigenvalue weighted by Crippen LogP contribution is -2.36. The van der Waals surface area contributed by atoms with Gasteiger partial charge < -0.3 is 20.1 Å². The van der Waals surface area contributed by atoms with Gasteiger partial charge in [-0.25, -0.2) is 4.79 Å². The number of nitrogens with zero attached hydrogens (tertiary/aromatic N) is 1.